The van der Waals surface area contributed by atoms with E-state index in [0.717, 1.165) is 12.1 Å². The molecule has 0 aliphatic rings. The molecule has 0 bridgehead atoms. The van der Waals surface area contributed by atoms with Gasteiger partial charge in [-0.25, -0.2) is 0 Å². The summed E-state index contributed by atoms with van der Waals surface area (Å²) in [6, 6.07) is 9.62. The number of carbonyl (C=O) groups excluding carboxylic acids is 1. The van der Waals surface area contributed by atoms with E-state index in [1.807, 2.05) is 37.4 Å². The van der Waals surface area contributed by atoms with Crippen LogP contribution in [-0.2, 0) is 11.3 Å². The summed E-state index contributed by atoms with van der Waals surface area (Å²) in [6.45, 7) is 1.18. The Morgan fingerprint density at radius 1 is 1.53 bits per heavy atom. The smallest absolute Gasteiger partial charge is 0.260 e. The molecule has 1 N–H and O–H groups in total. The Bertz CT molecular complexity index is 454. The topological polar surface area (TPSA) is 65.4 Å². The van der Waals surface area contributed by atoms with Crippen LogP contribution in [0.25, 0.3) is 0 Å². The number of nitrogens with zero attached hydrogens (tertiary/aromatic N) is 2. The van der Waals surface area contributed by atoms with E-state index in [0.29, 0.717) is 18.7 Å². The number of carbonyl (C=O) groups is 1. The van der Waals surface area contributed by atoms with Gasteiger partial charge in [0.25, 0.3) is 5.91 Å². The Kier molecular flexibility index (Phi) is 6.41. The standard InChI is InChI=1S/C14H19N3O2/c1-16-10-12-5-3-6-13(9-12)19-11-14(18)17(2)8-4-7-15/h3,5-6,9,16H,4,8,10-11H2,1-2H3. The number of benzene rings is 1. The first-order valence-electron chi connectivity index (χ1n) is 6.14. The van der Waals surface area contributed by atoms with Gasteiger partial charge in [0.05, 0.1) is 12.5 Å². The van der Waals surface area contributed by atoms with Crippen molar-refractivity contribution in [1.82, 2.24) is 10.2 Å². The molecule has 102 valence electrons. The molecule has 0 saturated carbocycles. The largest absolute Gasteiger partial charge is 0.484 e. The number of amides is 1. The van der Waals surface area contributed by atoms with Crippen molar-refractivity contribution in [2.45, 2.75) is 13.0 Å². The van der Waals surface area contributed by atoms with E-state index >= 15 is 0 Å². The Morgan fingerprint density at radius 3 is 3.00 bits per heavy atom. The second-order valence-electron chi connectivity index (χ2n) is 4.19. The molecule has 1 rings (SSSR count). The molecular weight excluding hydrogens is 242 g/mol. The van der Waals surface area contributed by atoms with Gasteiger partial charge in [-0.2, -0.15) is 5.26 Å². The molecule has 0 aliphatic carbocycles. The van der Waals surface area contributed by atoms with E-state index in [1.165, 1.54) is 4.90 Å². The highest BCUT2D eigenvalue weighted by molar-refractivity contribution is 5.77. The van der Waals surface area contributed by atoms with Crippen LogP contribution in [0.15, 0.2) is 24.3 Å². The second-order valence-corrected chi connectivity index (χ2v) is 4.19. The third kappa shape index (κ3) is 5.40. The molecule has 0 spiro atoms. The average Bonchev–Trinajstić information content (AvgIpc) is 2.43. The van der Waals surface area contributed by atoms with E-state index in [2.05, 4.69) is 5.32 Å². The normalized spacial score (nSPS) is 9.74. The first kappa shape index (κ1) is 15.0. The van der Waals surface area contributed by atoms with E-state index in [4.69, 9.17) is 10.00 Å². The van der Waals surface area contributed by atoms with Crippen LogP contribution >= 0.6 is 0 Å². The van der Waals surface area contributed by atoms with Gasteiger partial charge in [-0.05, 0) is 24.7 Å². The molecule has 0 radical (unpaired) electrons. The molecule has 0 unspecified atom stereocenters. The number of hydrogen-bond acceptors (Lipinski definition) is 4. The molecule has 0 aromatic heterocycles. The zero-order chi connectivity index (χ0) is 14.1. The van der Waals surface area contributed by atoms with Crippen LogP contribution in [-0.4, -0.2) is 38.1 Å². The molecular formula is C14H19N3O2. The van der Waals surface area contributed by atoms with E-state index in [-0.39, 0.29) is 12.5 Å². The molecule has 1 amide bonds. The van der Waals surface area contributed by atoms with Crippen molar-refractivity contribution in [2.75, 3.05) is 27.2 Å². The Morgan fingerprint density at radius 2 is 2.32 bits per heavy atom. The number of ether oxygens (including phenoxy) is 1. The molecule has 0 saturated heterocycles. The molecule has 1 aromatic carbocycles. The molecule has 0 atom stereocenters. The number of likely N-dealkylation sites (N-methyl/N-ethyl adjacent to an activating group) is 1. The summed E-state index contributed by atoms with van der Waals surface area (Å²) in [7, 11) is 3.54. The van der Waals surface area contributed by atoms with Crippen LogP contribution < -0.4 is 10.1 Å². The van der Waals surface area contributed by atoms with Crippen molar-refractivity contribution in [1.29, 1.82) is 5.26 Å². The van der Waals surface area contributed by atoms with Gasteiger partial charge in [-0.3, -0.25) is 4.79 Å². The van der Waals surface area contributed by atoms with Crippen molar-refractivity contribution in [2.24, 2.45) is 0 Å². The average molecular weight is 261 g/mol. The highest BCUT2D eigenvalue weighted by atomic mass is 16.5. The number of nitriles is 1. The maximum atomic E-state index is 11.7. The monoisotopic (exact) mass is 261 g/mol. The minimum atomic E-state index is -0.130. The predicted molar refractivity (Wildman–Crippen MR) is 72.6 cm³/mol. The van der Waals surface area contributed by atoms with Gasteiger partial charge >= 0.3 is 0 Å². The fourth-order valence-corrected chi connectivity index (χ4v) is 1.55. The van der Waals surface area contributed by atoms with Crippen molar-refractivity contribution >= 4 is 5.91 Å². The lowest BCUT2D eigenvalue weighted by Crippen LogP contribution is -2.32. The lowest BCUT2D eigenvalue weighted by atomic mass is 10.2. The zero-order valence-corrected chi connectivity index (χ0v) is 11.3. The van der Waals surface area contributed by atoms with E-state index in [1.54, 1.807) is 7.05 Å². The van der Waals surface area contributed by atoms with Crippen molar-refractivity contribution in [3.8, 4) is 11.8 Å². The van der Waals surface area contributed by atoms with Crippen molar-refractivity contribution in [3.63, 3.8) is 0 Å². The summed E-state index contributed by atoms with van der Waals surface area (Å²) < 4.78 is 5.45. The summed E-state index contributed by atoms with van der Waals surface area (Å²) >= 11 is 0. The highest BCUT2D eigenvalue weighted by Gasteiger charge is 2.09. The lowest BCUT2D eigenvalue weighted by Gasteiger charge is -2.16. The summed E-state index contributed by atoms with van der Waals surface area (Å²) in [4.78, 5) is 13.2. The molecule has 0 aliphatic heterocycles. The molecule has 5 nitrogen and oxygen atoms in total. The summed E-state index contributed by atoms with van der Waals surface area (Å²) in [5.41, 5.74) is 1.10. The Hall–Kier alpha value is -2.06. The van der Waals surface area contributed by atoms with Gasteiger partial charge in [0.1, 0.15) is 5.75 Å². The molecule has 1 aromatic rings. The molecule has 0 fully saturated rings. The first-order chi connectivity index (χ1) is 9.17. The fraction of sp³-hybridized carbons (Fsp3) is 0.429. The maximum absolute atomic E-state index is 11.7. The molecule has 0 heterocycles. The summed E-state index contributed by atoms with van der Waals surface area (Å²) in [5, 5.41) is 11.5. The quantitative estimate of drug-likeness (QED) is 0.800. The Balaban J connectivity index is 2.45. The van der Waals surface area contributed by atoms with Crippen LogP contribution in [0.4, 0.5) is 0 Å². The second kappa shape index (κ2) is 8.11. The van der Waals surface area contributed by atoms with Gasteiger partial charge < -0.3 is 15.0 Å². The Labute approximate surface area is 113 Å². The van der Waals surface area contributed by atoms with Crippen LogP contribution in [0.2, 0.25) is 0 Å². The van der Waals surface area contributed by atoms with Crippen LogP contribution in [0.5, 0.6) is 5.75 Å². The van der Waals surface area contributed by atoms with Crippen molar-refractivity contribution in [3.05, 3.63) is 29.8 Å². The van der Waals surface area contributed by atoms with E-state index in [9.17, 15) is 4.79 Å². The van der Waals surface area contributed by atoms with Gasteiger partial charge in [0.2, 0.25) is 0 Å². The number of hydrogen-bond donors (Lipinski definition) is 1. The van der Waals surface area contributed by atoms with Crippen LogP contribution in [0.3, 0.4) is 0 Å². The lowest BCUT2D eigenvalue weighted by molar-refractivity contribution is -0.131. The van der Waals surface area contributed by atoms with Crippen LogP contribution in [0.1, 0.15) is 12.0 Å². The minimum Gasteiger partial charge on any atom is -0.484 e. The van der Waals surface area contributed by atoms with Crippen molar-refractivity contribution < 1.29 is 9.53 Å². The van der Waals surface area contributed by atoms with E-state index < -0.39 is 0 Å². The summed E-state index contributed by atoms with van der Waals surface area (Å²) in [6.07, 6.45) is 0.333. The van der Waals surface area contributed by atoms with Gasteiger partial charge in [-0.15, -0.1) is 0 Å². The zero-order valence-electron chi connectivity index (χ0n) is 11.3. The highest BCUT2D eigenvalue weighted by Crippen LogP contribution is 2.13. The SMILES string of the molecule is CNCc1cccc(OCC(=O)N(C)CCC#N)c1. The maximum Gasteiger partial charge on any atom is 0.260 e. The van der Waals surface area contributed by atoms with Gasteiger partial charge in [0.15, 0.2) is 6.61 Å². The predicted octanol–water partition coefficient (Wildman–Crippen LogP) is 1.16. The third-order valence-electron chi connectivity index (χ3n) is 2.63. The fourth-order valence-electron chi connectivity index (χ4n) is 1.55. The first-order valence-corrected chi connectivity index (χ1v) is 6.14. The third-order valence-corrected chi connectivity index (χ3v) is 2.63. The number of nitrogens with one attached hydrogen (secondary N) is 1. The molecule has 19 heavy (non-hydrogen) atoms. The summed E-state index contributed by atoms with van der Waals surface area (Å²) in [5.74, 6) is 0.545. The minimum absolute atomic E-state index is 0.00899. The number of rotatable bonds is 7. The van der Waals surface area contributed by atoms with Crippen LogP contribution in [0, 0.1) is 11.3 Å². The molecule has 5 heteroatoms. The van der Waals surface area contributed by atoms with Gasteiger partial charge in [0, 0.05) is 20.1 Å². The van der Waals surface area contributed by atoms with Gasteiger partial charge in [-0.1, -0.05) is 12.1 Å².